The van der Waals surface area contributed by atoms with Crippen molar-refractivity contribution in [2.24, 2.45) is 28.6 Å². The molecule has 1 aromatic rings. The minimum absolute atomic E-state index is 0.0405. The number of fused-ring (bicyclic) bond motifs is 4. The summed E-state index contributed by atoms with van der Waals surface area (Å²) in [6.45, 7) is 23.6. The quantitative estimate of drug-likeness (QED) is 0.151. The lowest BCUT2D eigenvalue weighted by atomic mass is 9.43. The van der Waals surface area contributed by atoms with E-state index in [1.807, 2.05) is 48.5 Å². The zero-order valence-corrected chi connectivity index (χ0v) is 36.2. The molecule has 326 valence electrons. The van der Waals surface area contributed by atoms with Crippen molar-refractivity contribution in [3.8, 4) is 0 Å². The summed E-state index contributed by atoms with van der Waals surface area (Å²) in [5.41, 5.74) is -4.96. The highest BCUT2D eigenvalue weighted by Gasteiger charge is 2.79. The monoisotopic (exact) mass is 825 g/mol. The molecule has 4 unspecified atom stereocenters. The summed E-state index contributed by atoms with van der Waals surface area (Å²) in [4.78, 5) is 54.5. The Hall–Kier alpha value is -3.82. The number of carbonyl (C=O) groups excluding carboxylic acids is 4. The van der Waals surface area contributed by atoms with E-state index >= 15 is 0 Å². The molecule has 2 aliphatic heterocycles. The van der Waals surface area contributed by atoms with Crippen LogP contribution < -0.4 is 5.32 Å². The number of aliphatic hydroxyl groups is 2. The predicted molar refractivity (Wildman–Crippen MR) is 214 cm³/mol. The highest BCUT2D eigenvalue weighted by atomic mass is 16.7. The second kappa shape index (κ2) is 15.9. The third-order valence-electron chi connectivity index (χ3n) is 13.5. The van der Waals surface area contributed by atoms with Gasteiger partial charge in [-0.15, -0.1) is 0 Å². The first-order valence-electron chi connectivity index (χ1n) is 20.7. The van der Waals surface area contributed by atoms with Crippen LogP contribution in [-0.2, 0) is 42.7 Å². The van der Waals surface area contributed by atoms with Gasteiger partial charge < -0.3 is 48.7 Å². The van der Waals surface area contributed by atoms with Crippen molar-refractivity contribution in [2.75, 3.05) is 6.61 Å². The molecule has 14 nitrogen and oxygen atoms in total. The summed E-state index contributed by atoms with van der Waals surface area (Å²) >= 11 is 0. The third kappa shape index (κ3) is 7.73. The van der Waals surface area contributed by atoms with Gasteiger partial charge in [-0.05, 0) is 63.8 Å². The van der Waals surface area contributed by atoms with Gasteiger partial charge in [-0.3, -0.25) is 4.79 Å². The molecule has 5 aliphatic rings. The second-order valence-electron chi connectivity index (χ2n) is 19.3. The number of esters is 3. The van der Waals surface area contributed by atoms with E-state index in [1.54, 1.807) is 57.2 Å². The van der Waals surface area contributed by atoms with Gasteiger partial charge in [0.15, 0.2) is 18.0 Å². The number of hydrogen-bond acceptors (Lipinski definition) is 13. The van der Waals surface area contributed by atoms with Crippen LogP contribution in [0.3, 0.4) is 0 Å². The second-order valence-corrected chi connectivity index (χ2v) is 19.3. The standard InChI is InChI=1S/C45H63NO13/c1-13-32-55-30-20-31-44(22-53-31,58-26(6)47)35-37(57-38(49)27-17-15-14-16-18-27)45(52)21-29(24(4)33(42(45,10)11)25(5)36(56-32)43(30,35)12)54-39(50)34(48)28(19-23(2)3)46-40(51)59-41(7,8)9/h13-18,23,25,28-32,34-37,48,52H,1,19-22H2,2-12H3,(H,46,51)/t25?,28?,29-,30-,31+,32?,34-,35-,36-,37?,43+,44-,45+/m0/s1. The van der Waals surface area contributed by atoms with E-state index in [4.69, 9.17) is 33.2 Å². The van der Waals surface area contributed by atoms with Crippen molar-refractivity contribution in [1.82, 2.24) is 5.32 Å². The van der Waals surface area contributed by atoms with Crippen LogP contribution in [0.25, 0.3) is 0 Å². The molecule has 13 atom stereocenters. The van der Waals surface area contributed by atoms with E-state index in [9.17, 15) is 29.4 Å². The molecule has 2 bridgehead atoms. The molecule has 14 heteroatoms. The van der Waals surface area contributed by atoms with Crippen molar-refractivity contribution >= 4 is 24.0 Å². The Labute approximate surface area is 347 Å². The minimum Gasteiger partial charge on any atom is -0.456 e. The number of aliphatic hydroxyl groups excluding tert-OH is 1. The number of benzene rings is 1. The van der Waals surface area contributed by atoms with Gasteiger partial charge in [-0.25, -0.2) is 14.4 Å². The van der Waals surface area contributed by atoms with E-state index in [0.29, 0.717) is 17.6 Å². The molecule has 59 heavy (non-hydrogen) atoms. The molecular formula is C45H63NO13. The summed E-state index contributed by atoms with van der Waals surface area (Å²) in [6.07, 6.45) is -6.18. The summed E-state index contributed by atoms with van der Waals surface area (Å²) in [6, 6.07) is 7.32. The largest absolute Gasteiger partial charge is 0.456 e. The van der Waals surface area contributed by atoms with Crippen LogP contribution in [-0.4, -0.2) is 107 Å². The first-order chi connectivity index (χ1) is 27.4. The molecule has 0 aromatic heterocycles. The first kappa shape index (κ1) is 44.7. The van der Waals surface area contributed by atoms with Gasteiger partial charge in [0.05, 0.1) is 36.3 Å². The molecule has 2 saturated carbocycles. The van der Waals surface area contributed by atoms with E-state index in [0.717, 1.165) is 0 Å². The molecule has 1 aromatic carbocycles. The smallest absolute Gasteiger partial charge is 0.407 e. The SMILES string of the molecule is C=CC1O[C@H]2C[C@H]3OC[C@@]3(OC(C)=O)[C@H]3C(OC(=O)c4ccccc4)[C@]4(O)C[C@H](OC(=O)[C@@H](O)C(CC(C)C)NC(=O)OC(C)(C)C)C(C)=C(C(C)[C@H](O1)[C@]23C)C4(C)C. The van der Waals surface area contributed by atoms with Crippen LogP contribution >= 0.6 is 0 Å². The summed E-state index contributed by atoms with van der Waals surface area (Å²) in [5, 5.41) is 28.0. The molecule has 2 saturated heterocycles. The zero-order valence-electron chi connectivity index (χ0n) is 36.2. The number of alkyl carbamates (subject to hydrolysis) is 1. The van der Waals surface area contributed by atoms with Crippen molar-refractivity contribution in [3.05, 3.63) is 59.7 Å². The fourth-order valence-electron chi connectivity index (χ4n) is 11.0. The maximum atomic E-state index is 14.4. The lowest BCUT2D eigenvalue weighted by molar-refractivity contribution is -0.403. The van der Waals surface area contributed by atoms with Gasteiger partial charge in [0.2, 0.25) is 0 Å². The molecule has 0 radical (unpaired) electrons. The fraction of sp³-hybridized carbons (Fsp3) is 0.689. The highest BCUT2D eigenvalue weighted by Crippen LogP contribution is 2.68. The van der Waals surface area contributed by atoms with Crippen LogP contribution in [0.2, 0.25) is 0 Å². The molecule has 3 aliphatic carbocycles. The van der Waals surface area contributed by atoms with Gasteiger partial charge in [0.25, 0.3) is 0 Å². The van der Waals surface area contributed by atoms with Crippen molar-refractivity contribution in [3.63, 3.8) is 0 Å². The average Bonchev–Trinajstić information content (AvgIpc) is 3.12. The van der Waals surface area contributed by atoms with Crippen molar-refractivity contribution in [2.45, 2.75) is 161 Å². The maximum absolute atomic E-state index is 14.4. The number of ether oxygens (including phenoxy) is 7. The highest BCUT2D eigenvalue weighted by molar-refractivity contribution is 5.89. The number of amides is 1. The Morgan fingerprint density at radius 1 is 1.05 bits per heavy atom. The van der Waals surface area contributed by atoms with E-state index in [1.165, 1.54) is 6.92 Å². The number of carbonyl (C=O) groups is 4. The Kier molecular flexibility index (Phi) is 12.1. The summed E-state index contributed by atoms with van der Waals surface area (Å²) in [7, 11) is 0. The first-order valence-corrected chi connectivity index (χ1v) is 20.7. The van der Waals surface area contributed by atoms with Gasteiger partial charge in [0.1, 0.15) is 29.5 Å². The lowest BCUT2D eigenvalue weighted by Gasteiger charge is -2.71. The molecule has 4 fully saturated rings. The summed E-state index contributed by atoms with van der Waals surface area (Å²) < 4.78 is 44.1. The normalized spacial score (nSPS) is 36.8. The number of hydrogen-bond donors (Lipinski definition) is 3. The molecule has 2 heterocycles. The average molecular weight is 826 g/mol. The summed E-state index contributed by atoms with van der Waals surface area (Å²) in [5.74, 6) is -3.85. The van der Waals surface area contributed by atoms with Crippen molar-refractivity contribution < 1.29 is 62.5 Å². The Morgan fingerprint density at radius 3 is 2.27 bits per heavy atom. The lowest BCUT2D eigenvalue weighted by Crippen LogP contribution is -2.83. The van der Waals surface area contributed by atoms with Crippen LogP contribution in [0.1, 0.15) is 106 Å². The topological polar surface area (TPSA) is 185 Å². The zero-order chi connectivity index (χ0) is 43.6. The minimum atomic E-state index is -2.02. The molecule has 0 spiro atoms. The molecule has 1 amide bonds. The van der Waals surface area contributed by atoms with Crippen LogP contribution in [0.4, 0.5) is 4.79 Å². The van der Waals surface area contributed by atoms with Crippen LogP contribution in [0, 0.1) is 28.6 Å². The Balaban J connectivity index is 1.51. The van der Waals surface area contributed by atoms with E-state index < -0.39 is 112 Å². The van der Waals surface area contributed by atoms with Gasteiger partial charge >= 0.3 is 24.0 Å². The maximum Gasteiger partial charge on any atom is 0.407 e. The van der Waals surface area contributed by atoms with E-state index in [2.05, 4.69) is 11.9 Å². The van der Waals surface area contributed by atoms with Gasteiger partial charge in [-0.1, -0.05) is 71.9 Å². The van der Waals surface area contributed by atoms with E-state index in [-0.39, 0.29) is 30.9 Å². The molecular weight excluding hydrogens is 762 g/mol. The predicted octanol–water partition coefficient (Wildman–Crippen LogP) is 5.57. The third-order valence-corrected chi connectivity index (χ3v) is 13.5. The molecule has 3 N–H and O–H groups in total. The van der Waals surface area contributed by atoms with Crippen molar-refractivity contribution in [1.29, 1.82) is 0 Å². The van der Waals surface area contributed by atoms with Gasteiger partial charge in [-0.2, -0.15) is 0 Å². The fourth-order valence-corrected chi connectivity index (χ4v) is 11.0. The van der Waals surface area contributed by atoms with Crippen LogP contribution in [0.5, 0.6) is 0 Å². The van der Waals surface area contributed by atoms with Gasteiger partial charge in [0, 0.05) is 36.5 Å². The Bertz CT molecular complexity index is 1840. The number of rotatable bonds is 10. The number of nitrogens with one attached hydrogen (secondary N) is 1. The van der Waals surface area contributed by atoms with Crippen LogP contribution in [0.15, 0.2) is 54.1 Å². The Morgan fingerprint density at radius 2 is 1.71 bits per heavy atom. The molecule has 6 rings (SSSR count).